The zero-order chi connectivity index (χ0) is 27.1. The van der Waals surface area contributed by atoms with Gasteiger partial charge in [-0.25, -0.2) is 4.39 Å². The molecule has 0 aliphatic rings. The van der Waals surface area contributed by atoms with E-state index >= 15 is 0 Å². The van der Waals surface area contributed by atoms with Crippen molar-refractivity contribution >= 4 is 23.4 Å². The fourth-order valence-electron chi connectivity index (χ4n) is 3.73. The van der Waals surface area contributed by atoms with E-state index in [4.69, 9.17) is 16.3 Å². The van der Waals surface area contributed by atoms with Crippen LogP contribution < -0.4 is 20.9 Å². The number of halogens is 2. The number of nitrogens with one attached hydrogen (secondary N) is 2. The van der Waals surface area contributed by atoms with Gasteiger partial charge in [-0.3, -0.25) is 19.4 Å². The van der Waals surface area contributed by atoms with Crippen LogP contribution in [0, 0.1) is 5.82 Å². The minimum atomic E-state index is -0.548. The van der Waals surface area contributed by atoms with Gasteiger partial charge in [0.2, 0.25) is 0 Å². The molecule has 2 heterocycles. The van der Waals surface area contributed by atoms with Gasteiger partial charge in [-0.1, -0.05) is 29.8 Å². The summed E-state index contributed by atoms with van der Waals surface area (Å²) >= 11 is 6.08. The number of carbonyl (C=O) groups excluding carboxylic acids is 2. The summed E-state index contributed by atoms with van der Waals surface area (Å²) in [6.07, 6.45) is 3.45. The van der Waals surface area contributed by atoms with Crippen molar-refractivity contribution in [2.45, 2.75) is 13.0 Å². The summed E-state index contributed by atoms with van der Waals surface area (Å²) in [6, 6.07) is 17.8. The maximum Gasteiger partial charge on any atom is 0.269 e. The molecule has 10 heteroatoms. The van der Waals surface area contributed by atoms with Crippen LogP contribution in [0.3, 0.4) is 0 Å². The van der Waals surface area contributed by atoms with E-state index in [1.54, 1.807) is 30.3 Å². The van der Waals surface area contributed by atoms with Crippen molar-refractivity contribution in [2.75, 3.05) is 13.6 Å². The minimum absolute atomic E-state index is 0.0540. The molecule has 0 atom stereocenters. The van der Waals surface area contributed by atoms with Gasteiger partial charge in [0.05, 0.1) is 6.54 Å². The van der Waals surface area contributed by atoms with Gasteiger partial charge in [0, 0.05) is 42.6 Å². The highest BCUT2D eigenvalue weighted by molar-refractivity contribution is 6.31. The molecular formula is C28H24ClFN4O4. The topological polar surface area (TPSA) is 102 Å². The third-order valence-electron chi connectivity index (χ3n) is 5.68. The van der Waals surface area contributed by atoms with Gasteiger partial charge in [-0.05, 0) is 54.4 Å². The van der Waals surface area contributed by atoms with E-state index in [1.165, 1.54) is 42.2 Å². The Balaban J connectivity index is 1.38. The van der Waals surface area contributed by atoms with Gasteiger partial charge in [-0.2, -0.15) is 0 Å². The molecule has 0 saturated carbocycles. The standard InChI is InChI=1S/C28H24ClFN4O4/c1-31-27(36)25-16-20(11-13-32-25)38-19-6-2-5-18(15-19)10-12-33-26(35)21-7-4-14-34(28(21)37)17-22-23(29)8-3-9-24(22)30/h2-9,11,13-16H,10,12,17H2,1H3,(H,31,36)(H,33,35). The van der Waals surface area contributed by atoms with E-state index in [9.17, 15) is 18.8 Å². The third-order valence-corrected chi connectivity index (χ3v) is 6.03. The second-order valence-electron chi connectivity index (χ2n) is 8.27. The second kappa shape index (κ2) is 12.2. The Morgan fingerprint density at radius 3 is 2.61 bits per heavy atom. The number of pyridine rings is 2. The van der Waals surface area contributed by atoms with Crippen molar-refractivity contribution < 1.29 is 18.7 Å². The molecule has 2 aromatic carbocycles. The molecule has 4 aromatic rings. The molecule has 2 N–H and O–H groups in total. The first-order chi connectivity index (χ1) is 18.4. The predicted molar refractivity (Wildman–Crippen MR) is 141 cm³/mol. The normalized spacial score (nSPS) is 10.6. The SMILES string of the molecule is CNC(=O)c1cc(Oc2cccc(CCNC(=O)c3cccn(Cc4c(F)cccc4Cl)c3=O)c2)ccn1. The predicted octanol–water partition coefficient (Wildman–Crippen LogP) is 4.21. The van der Waals surface area contributed by atoms with Crippen LogP contribution in [0.2, 0.25) is 5.02 Å². The molecule has 38 heavy (non-hydrogen) atoms. The molecule has 8 nitrogen and oxygen atoms in total. The summed E-state index contributed by atoms with van der Waals surface area (Å²) in [5.41, 5.74) is 0.700. The van der Waals surface area contributed by atoms with Crippen LogP contribution in [0.5, 0.6) is 11.5 Å². The van der Waals surface area contributed by atoms with Gasteiger partial charge in [0.25, 0.3) is 17.4 Å². The Morgan fingerprint density at radius 2 is 1.82 bits per heavy atom. The zero-order valence-electron chi connectivity index (χ0n) is 20.4. The number of aromatic nitrogens is 2. The lowest BCUT2D eigenvalue weighted by Gasteiger charge is -2.11. The molecule has 2 amide bonds. The van der Waals surface area contributed by atoms with Crippen molar-refractivity contribution in [3.8, 4) is 11.5 Å². The molecule has 0 spiro atoms. The number of ether oxygens (including phenoxy) is 1. The maximum absolute atomic E-state index is 14.2. The molecule has 0 radical (unpaired) electrons. The fourth-order valence-corrected chi connectivity index (χ4v) is 3.95. The van der Waals surface area contributed by atoms with E-state index < -0.39 is 17.3 Å². The molecule has 194 valence electrons. The van der Waals surface area contributed by atoms with Gasteiger partial charge >= 0.3 is 0 Å². The molecule has 2 aromatic heterocycles. The fraction of sp³-hybridized carbons (Fsp3) is 0.143. The molecule has 0 saturated heterocycles. The highest BCUT2D eigenvalue weighted by Crippen LogP contribution is 2.23. The zero-order valence-corrected chi connectivity index (χ0v) is 21.2. The van der Waals surface area contributed by atoms with E-state index in [0.717, 1.165) is 5.56 Å². The van der Waals surface area contributed by atoms with Crippen molar-refractivity contribution in [1.29, 1.82) is 0 Å². The average molecular weight is 535 g/mol. The maximum atomic E-state index is 14.2. The summed E-state index contributed by atoms with van der Waals surface area (Å²) in [6.45, 7) is 0.173. The molecule has 4 rings (SSSR count). The van der Waals surface area contributed by atoms with Crippen LogP contribution in [0.25, 0.3) is 0 Å². The highest BCUT2D eigenvalue weighted by atomic mass is 35.5. The number of nitrogens with zero attached hydrogens (tertiary/aromatic N) is 2. The third kappa shape index (κ3) is 6.43. The number of rotatable bonds is 9. The smallest absolute Gasteiger partial charge is 0.269 e. The van der Waals surface area contributed by atoms with E-state index in [1.807, 2.05) is 18.2 Å². The number of benzene rings is 2. The Kier molecular flexibility index (Phi) is 8.50. The van der Waals surface area contributed by atoms with Crippen molar-refractivity contribution in [1.82, 2.24) is 20.2 Å². The Labute approximate surface area is 223 Å². The van der Waals surface area contributed by atoms with Crippen LogP contribution in [0.15, 0.2) is 83.9 Å². The molecular weight excluding hydrogens is 511 g/mol. The number of carbonyl (C=O) groups is 2. The Hall–Kier alpha value is -4.50. The molecule has 0 aliphatic heterocycles. The summed E-state index contributed by atoms with van der Waals surface area (Å²) < 4.78 is 21.3. The lowest BCUT2D eigenvalue weighted by atomic mass is 10.1. The number of hydrogen-bond acceptors (Lipinski definition) is 5. The highest BCUT2D eigenvalue weighted by Gasteiger charge is 2.14. The van der Waals surface area contributed by atoms with Crippen molar-refractivity contribution in [3.05, 3.63) is 123 Å². The van der Waals surface area contributed by atoms with Gasteiger partial charge < -0.3 is 19.9 Å². The van der Waals surface area contributed by atoms with Crippen LogP contribution >= 0.6 is 11.6 Å². The molecule has 0 aliphatic carbocycles. The van der Waals surface area contributed by atoms with E-state index in [-0.39, 0.29) is 40.8 Å². The van der Waals surface area contributed by atoms with Crippen LogP contribution in [-0.4, -0.2) is 35.0 Å². The summed E-state index contributed by atoms with van der Waals surface area (Å²) in [5, 5.41) is 5.47. The number of amides is 2. The van der Waals surface area contributed by atoms with Gasteiger partial charge in [0.1, 0.15) is 28.6 Å². The summed E-state index contributed by atoms with van der Waals surface area (Å²) in [5.74, 6) is -0.362. The first kappa shape index (κ1) is 26.6. The monoisotopic (exact) mass is 534 g/mol. The molecule has 0 fully saturated rings. The van der Waals surface area contributed by atoms with Crippen molar-refractivity contribution in [3.63, 3.8) is 0 Å². The van der Waals surface area contributed by atoms with Crippen LogP contribution in [-0.2, 0) is 13.0 Å². The molecule has 0 unspecified atom stereocenters. The Bertz CT molecular complexity index is 1520. The van der Waals surface area contributed by atoms with E-state index in [2.05, 4.69) is 15.6 Å². The first-order valence-corrected chi connectivity index (χ1v) is 12.1. The quantitative estimate of drug-likeness (QED) is 0.335. The first-order valence-electron chi connectivity index (χ1n) is 11.7. The van der Waals surface area contributed by atoms with Crippen LogP contribution in [0.4, 0.5) is 4.39 Å². The second-order valence-corrected chi connectivity index (χ2v) is 8.67. The largest absolute Gasteiger partial charge is 0.457 e. The van der Waals surface area contributed by atoms with Gasteiger partial charge in [0.15, 0.2) is 0 Å². The lowest BCUT2D eigenvalue weighted by molar-refractivity contribution is 0.0946. The lowest BCUT2D eigenvalue weighted by Crippen LogP contribution is -2.34. The summed E-state index contributed by atoms with van der Waals surface area (Å²) in [4.78, 5) is 41.4. The van der Waals surface area contributed by atoms with Gasteiger partial charge in [-0.15, -0.1) is 0 Å². The number of hydrogen-bond donors (Lipinski definition) is 2. The van der Waals surface area contributed by atoms with Crippen LogP contribution in [0.1, 0.15) is 32.0 Å². The van der Waals surface area contributed by atoms with Crippen molar-refractivity contribution in [2.24, 2.45) is 0 Å². The summed E-state index contributed by atoms with van der Waals surface area (Å²) in [7, 11) is 1.52. The Morgan fingerprint density at radius 1 is 1.03 bits per heavy atom. The van der Waals surface area contributed by atoms with E-state index in [0.29, 0.717) is 17.9 Å². The molecule has 0 bridgehead atoms. The average Bonchev–Trinajstić information content (AvgIpc) is 2.91. The minimum Gasteiger partial charge on any atom is -0.457 e.